The van der Waals surface area contributed by atoms with Crippen molar-refractivity contribution < 1.29 is 35.1 Å². The fourth-order valence-corrected chi connectivity index (χ4v) is 3.84. The van der Waals surface area contributed by atoms with Crippen LogP contribution in [0.1, 0.15) is 23.5 Å². The number of amides is 1. The van der Waals surface area contributed by atoms with E-state index in [1.807, 2.05) is 30.3 Å². The van der Waals surface area contributed by atoms with Gasteiger partial charge in [0.25, 0.3) is 11.8 Å². The SMILES string of the molecule is O=C(O)N1C(O)(O)CC(c2c[nH]c3cccc(OCc4ccccc4)c23)C1(O)O. The summed E-state index contributed by atoms with van der Waals surface area (Å²) in [7, 11) is 0. The molecule has 0 aliphatic carbocycles. The molecule has 2 aromatic carbocycles. The Morgan fingerprint density at radius 2 is 1.83 bits per heavy atom. The number of aromatic amines is 1. The molecule has 1 fully saturated rings. The minimum Gasteiger partial charge on any atom is -0.488 e. The van der Waals surface area contributed by atoms with E-state index in [1.165, 1.54) is 6.20 Å². The van der Waals surface area contributed by atoms with E-state index >= 15 is 0 Å². The van der Waals surface area contributed by atoms with Crippen LogP contribution in [-0.2, 0) is 6.61 Å². The molecule has 0 radical (unpaired) electrons. The van der Waals surface area contributed by atoms with Crippen molar-refractivity contribution in [2.75, 3.05) is 0 Å². The molecular formula is C20H20N2O7. The van der Waals surface area contributed by atoms with Gasteiger partial charge in [-0.15, -0.1) is 0 Å². The van der Waals surface area contributed by atoms with Gasteiger partial charge in [-0.25, -0.2) is 9.69 Å². The molecule has 1 aromatic heterocycles. The highest BCUT2D eigenvalue weighted by molar-refractivity contribution is 5.90. The quantitative estimate of drug-likeness (QED) is 0.364. The largest absolute Gasteiger partial charge is 0.488 e. The van der Waals surface area contributed by atoms with Gasteiger partial charge in [-0.2, -0.15) is 0 Å². The molecule has 4 rings (SSSR count). The third-order valence-electron chi connectivity index (χ3n) is 5.13. The highest BCUT2D eigenvalue weighted by atomic mass is 16.6. The first kappa shape index (κ1) is 19.2. The number of carboxylic acid groups (broad SMARTS) is 1. The third kappa shape index (κ3) is 3.19. The Morgan fingerprint density at radius 1 is 1.10 bits per heavy atom. The molecule has 0 spiro atoms. The van der Waals surface area contributed by atoms with Crippen LogP contribution in [0, 0.1) is 0 Å². The second-order valence-electron chi connectivity index (χ2n) is 7.03. The predicted octanol–water partition coefficient (Wildman–Crippen LogP) is 1.49. The summed E-state index contributed by atoms with van der Waals surface area (Å²) in [4.78, 5) is 14.2. The predicted molar refractivity (Wildman–Crippen MR) is 101 cm³/mol. The van der Waals surface area contributed by atoms with Gasteiger partial charge in [-0.05, 0) is 23.3 Å². The topological polar surface area (TPSA) is 146 Å². The van der Waals surface area contributed by atoms with Gasteiger partial charge >= 0.3 is 6.09 Å². The van der Waals surface area contributed by atoms with Gasteiger partial charge < -0.3 is 35.3 Å². The molecule has 9 heteroatoms. The lowest BCUT2D eigenvalue weighted by atomic mass is 9.93. The van der Waals surface area contributed by atoms with Crippen LogP contribution in [0.5, 0.6) is 5.75 Å². The van der Waals surface area contributed by atoms with E-state index in [4.69, 9.17) is 4.74 Å². The molecule has 1 aliphatic rings. The summed E-state index contributed by atoms with van der Waals surface area (Å²) >= 11 is 0. The van der Waals surface area contributed by atoms with E-state index < -0.39 is 30.3 Å². The first-order chi connectivity index (χ1) is 13.7. The van der Waals surface area contributed by atoms with Gasteiger partial charge in [-0.1, -0.05) is 36.4 Å². The van der Waals surface area contributed by atoms with Crippen LogP contribution < -0.4 is 4.74 Å². The zero-order valence-corrected chi connectivity index (χ0v) is 15.2. The summed E-state index contributed by atoms with van der Waals surface area (Å²) in [6, 6.07) is 14.7. The maximum Gasteiger partial charge on any atom is 0.415 e. The Labute approximate surface area is 165 Å². The average Bonchev–Trinajstić information content (AvgIpc) is 3.16. The van der Waals surface area contributed by atoms with Crippen molar-refractivity contribution in [3.8, 4) is 5.75 Å². The van der Waals surface area contributed by atoms with Crippen molar-refractivity contribution in [3.63, 3.8) is 0 Å². The van der Waals surface area contributed by atoms with Crippen molar-refractivity contribution in [1.82, 2.24) is 9.88 Å². The number of H-pyrrole nitrogens is 1. The number of benzene rings is 2. The molecule has 152 valence electrons. The van der Waals surface area contributed by atoms with Gasteiger partial charge in [0, 0.05) is 23.5 Å². The van der Waals surface area contributed by atoms with Crippen LogP contribution in [0.3, 0.4) is 0 Å². The lowest BCUT2D eigenvalue weighted by Crippen LogP contribution is -2.57. The van der Waals surface area contributed by atoms with Gasteiger partial charge in [0.1, 0.15) is 12.4 Å². The molecule has 1 amide bonds. The second kappa shape index (κ2) is 6.75. The maximum absolute atomic E-state index is 11.4. The Balaban J connectivity index is 1.74. The first-order valence-electron chi connectivity index (χ1n) is 8.91. The van der Waals surface area contributed by atoms with E-state index in [1.54, 1.807) is 18.2 Å². The summed E-state index contributed by atoms with van der Waals surface area (Å²) < 4.78 is 5.92. The van der Waals surface area contributed by atoms with Crippen molar-refractivity contribution in [1.29, 1.82) is 0 Å². The Morgan fingerprint density at radius 3 is 2.48 bits per heavy atom. The van der Waals surface area contributed by atoms with Crippen LogP contribution in [0.4, 0.5) is 4.79 Å². The average molecular weight is 400 g/mol. The minimum atomic E-state index is -3.03. The number of hydrogen-bond donors (Lipinski definition) is 6. The molecule has 9 nitrogen and oxygen atoms in total. The third-order valence-corrected chi connectivity index (χ3v) is 5.13. The van der Waals surface area contributed by atoms with Crippen LogP contribution in [0.25, 0.3) is 10.9 Å². The molecule has 2 heterocycles. The summed E-state index contributed by atoms with van der Waals surface area (Å²) in [5.74, 6) is -6.86. The molecular weight excluding hydrogens is 380 g/mol. The van der Waals surface area contributed by atoms with Gasteiger partial charge in [0.15, 0.2) is 0 Å². The number of aliphatic hydroxyl groups is 4. The van der Waals surface area contributed by atoms with Crippen LogP contribution in [0.2, 0.25) is 0 Å². The number of fused-ring (bicyclic) bond motifs is 1. The molecule has 1 aliphatic heterocycles. The fourth-order valence-electron chi connectivity index (χ4n) is 3.84. The van der Waals surface area contributed by atoms with Gasteiger partial charge in [0.05, 0.1) is 5.92 Å². The van der Waals surface area contributed by atoms with E-state index in [0.717, 1.165) is 5.56 Å². The van der Waals surface area contributed by atoms with Gasteiger partial charge in [0.2, 0.25) is 0 Å². The molecule has 6 N–H and O–H groups in total. The lowest BCUT2D eigenvalue weighted by molar-refractivity contribution is -0.325. The van der Waals surface area contributed by atoms with Crippen molar-refractivity contribution >= 4 is 17.0 Å². The van der Waals surface area contributed by atoms with E-state index in [0.29, 0.717) is 22.2 Å². The van der Waals surface area contributed by atoms with Crippen molar-refractivity contribution in [3.05, 3.63) is 65.9 Å². The standard InChI is InChI=1S/C20H20N2O7/c23-18(24)22-19(25,26)9-14(20(22,27)28)13-10-21-15-7-4-8-16(17(13)15)29-11-12-5-2-1-3-6-12/h1-8,10,14,21,25-28H,9,11H2,(H,23,24). The Kier molecular flexibility index (Phi) is 4.47. The number of carbonyl (C=O) groups is 1. The first-order valence-corrected chi connectivity index (χ1v) is 8.91. The summed E-state index contributed by atoms with van der Waals surface area (Å²) in [5, 5.41) is 50.8. The zero-order chi connectivity index (χ0) is 20.8. The molecule has 1 unspecified atom stereocenters. The normalized spacial score (nSPS) is 20.1. The maximum atomic E-state index is 11.4. The monoisotopic (exact) mass is 400 g/mol. The number of hydrogen-bond acceptors (Lipinski definition) is 6. The van der Waals surface area contributed by atoms with Crippen molar-refractivity contribution in [2.24, 2.45) is 0 Å². The summed E-state index contributed by atoms with van der Waals surface area (Å²) in [5.41, 5.74) is 1.85. The smallest absolute Gasteiger partial charge is 0.415 e. The lowest BCUT2D eigenvalue weighted by Gasteiger charge is -2.33. The minimum absolute atomic E-state index is 0.170. The highest BCUT2D eigenvalue weighted by Gasteiger charge is 2.62. The molecule has 29 heavy (non-hydrogen) atoms. The van der Waals surface area contributed by atoms with Crippen LogP contribution in [-0.4, -0.2) is 53.3 Å². The zero-order valence-electron chi connectivity index (χ0n) is 15.2. The Hall–Kier alpha value is -3.11. The number of nitrogens with one attached hydrogen (secondary N) is 1. The molecule has 3 aromatic rings. The molecule has 1 atom stereocenters. The number of aromatic nitrogens is 1. The van der Waals surface area contributed by atoms with Crippen molar-refractivity contribution in [2.45, 2.75) is 30.8 Å². The second-order valence-corrected chi connectivity index (χ2v) is 7.03. The van der Waals surface area contributed by atoms with Gasteiger partial charge in [-0.3, -0.25) is 0 Å². The van der Waals surface area contributed by atoms with Crippen LogP contribution >= 0.6 is 0 Å². The number of ether oxygens (including phenoxy) is 1. The summed E-state index contributed by atoms with van der Waals surface area (Å²) in [6.07, 6.45) is -1.03. The Bertz CT molecular complexity index is 1050. The van der Waals surface area contributed by atoms with E-state index in [-0.39, 0.29) is 11.5 Å². The van der Waals surface area contributed by atoms with E-state index in [9.17, 15) is 30.3 Å². The molecule has 0 saturated carbocycles. The highest BCUT2D eigenvalue weighted by Crippen LogP contribution is 2.48. The van der Waals surface area contributed by atoms with Crippen LogP contribution in [0.15, 0.2) is 54.7 Å². The molecule has 0 bridgehead atoms. The number of likely N-dealkylation sites (tertiary alicyclic amines) is 1. The number of nitrogens with zero attached hydrogens (tertiary/aromatic N) is 1. The fraction of sp³-hybridized carbons (Fsp3) is 0.250. The molecule has 1 saturated heterocycles. The summed E-state index contributed by atoms with van der Waals surface area (Å²) in [6.45, 7) is 0.268. The number of rotatable bonds is 4. The van der Waals surface area contributed by atoms with E-state index in [2.05, 4.69) is 4.98 Å².